The van der Waals surface area contributed by atoms with Crippen molar-refractivity contribution < 1.29 is 23.8 Å². The topological polar surface area (TPSA) is 103 Å². The van der Waals surface area contributed by atoms with Crippen LogP contribution >= 0.6 is 0 Å². The molecule has 0 radical (unpaired) electrons. The highest BCUT2D eigenvalue weighted by Gasteiger charge is 2.26. The monoisotopic (exact) mass is 451 g/mol. The van der Waals surface area contributed by atoms with Crippen LogP contribution in [0.4, 0.5) is 5.82 Å². The van der Waals surface area contributed by atoms with E-state index in [0.717, 1.165) is 36.9 Å². The van der Waals surface area contributed by atoms with Gasteiger partial charge in [-0.25, -0.2) is 4.79 Å². The van der Waals surface area contributed by atoms with Crippen molar-refractivity contribution in [1.29, 1.82) is 5.26 Å². The van der Waals surface area contributed by atoms with Crippen molar-refractivity contribution in [3.8, 4) is 17.6 Å². The molecule has 0 saturated heterocycles. The summed E-state index contributed by atoms with van der Waals surface area (Å²) in [7, 11) is 3.04. The second kappa shape index (κ2) is 10.7. The number of hydrogen-bond acceptors (Lipinski definition) is 6. The summed E-state index contributed by atoms with van der Waals surface area (Å²) >= 11 is 0. The zero-order valence-electron chi connectivity index (χ0n) is 19.4. The van der Waals surface area contributed by atoms with Gasteiger partial charge >= 0.3 is 5.97 Å². The van der Waals surface area contributed by atoms with Gasteiger partial charge in [-0.15, -0.1) is 0 Å². The molecule has 1 aromatic heterocycles. The zero-order chi connectivity index (χ0) is 24.0. The highest BCUT2D eigenvalue weighted by molar-refractivity contribution is 5.95. The van der Waals surface area contributed by atoms with Gasteiger partial charge < -0.3 is 24.1 Å². The second-order valence-electron chi connectivity index (χ2n) is 7.93. The minimum absolute atomic E-state index is 0.254. The molecule has 1 saturated carbocycles. The van der Waals surface area contributed by atoms with E-state index in [0.29, 0.717) is 28.4 Å². The van der Waals surface area contributed by atoms with E-state index in [2.05, 4.69) is 16.0 Å². The van der Waals surface area contributed by atoms with Crippen molar-refractivity contribution in [3.63, 3.8) is 0 Å². The van der Waals surface area contributed by atoms with Gasteiger partial charge in [-0.1, -0.05) is 25.0 Å². The molecule has 8 nitrogen and oxygen atoms in total. The summed E-state index contributed by atoms with van der Waals surface area (Å²) in [6, 6.07) is 7.74. The normalized spacial score (nSPS) is 13.7. The lowest BCUT2D eigenvalue weighted by Gasteiger charge is -2.19. The number of ether oxygens (including phenoxy) is 3. The van der Waals surface area contributed by atoms with E-state index in [1.165, 1.54) is 26.4 Å². The molecule has 0 spiro atoms. The lowest BCUT2D eigenvalue weighted by molar-refractivity contribution is -0.142. The molecular weight excluding hydrogens is 422 g/mol. The summed E-state index contributed by atoms with van der Waals surface area (Å²) in [5, 5.41) is 12.4. The number of nitriles is 1. The number of hydrogen-bond donors (Lipinski definition) is 1. The van der Waals surface area contributed by atoms with E-state index >= 15 is 0 Å². The van der Waals surface area contributed by atoms with Crippen LogP contribution in [0.15, 0.2) is 24.3 Å². The number of amides is 1. The third-order valence-corrected chi connectivity index (χ3v) is 5.99. The van der Waals surface area contributed by atoms with E-state index < -0.39 is 18.5 Å². The average Bonchev–Trinajstić information content (AvgIpc) is 3.42. The molecule has 174 valence electrons. The Hall–Kier alpha value is -3.73. The molecule has 0 aliphatic heterocycles. The molecule has 1 N–H and O–H groups in total. The zero-order valence-corrected chi connectivity index (χ0v) is 19.4. The Morgan fingerprint density at radius 1 is 1.21 bits per heavy atom. The van der Waals surface area contributed by atoms with E-state index in [1.807, 2.05) is 13.8 Å². The molecule has 2 aromatic rings. The summed E-state index contributed by atoms with van der Waals surface area (Å²) in [5.74, 6) is 0.343. The fourth-order valence-corrected chi connectivity index (χ4v) is 4.26. The van der Waals surface area contributed by atoms with Gasteiger partial charge in [-0.2, -0.15) is 5.26 Å². The number of nitrogens with one attached hydrogen (secondary N) is 1. The molecule has 0 bridgehead atoms. The maximum absolute atomic E-state index is 12.6. The Morgan fingerprint density at radius 3 is 2.58 bits per heavy atom. The number of rotatable bonds is 8. The molecule has 1 aromatic carbocycles. The number of aromatic nitrogens is 1. The highest BCUT2D eigenvalue weighted by atomic mass is 16.5. The number of nitrogens with zero attached hydrogens (tertiary/aromatic N) is 2. The largest absolute Gasteiger partial charge is 0.493 e. The lowest BCUT2D eigenvalue weighted by atomic mass is 10.1. The van der Waals surface area contributed by atoms with Crippen LogP contribution in [0.1, 0.15) is 54.1 Å². The molecule has 33 heavy (non-hydrogen) atoms. The number of carbonyl (C=O) groups is 2. The van der Waals surface area contributed by atoms with Crippen LogP contribution in [0.5, 0.6) is 11.5 Å². The minimum atomic E-state index is -0.672. The SMILES string of the molecule is COc1cccc(/C=C/C(=O)OCC(=O)Nc2c(C#N)c(C)c(C)n2C2CCCC2)c1OC. The van der Waals surface area contributed by atoms with E-state index in [1.54, 1.807) is 18.2 Å². The number of benzene rings is 1. The Bertz CT molecular complexity index is 1100. The predicted molar refractivity (Wildman–Crippen MR) is 124 cm³/mol. The van der Waals surface area contributed by atoms with Gasteiger partial charge in [0.1, 0.15) is 11.9 Å². The number of esters is 1. The molecule has 8 heteroatoms. The van der Waals surface area contributed by atoms with Gasteiger partial charge in [0.05, 0.1) is 19.8 Å². The maximum atomic E-state index is 12.6. The van der Waals surface area contributed by atoms with Gasteiger partial charge in [-0.05, 0) is 44.4 Å². The summed E-state index contributed by atoms with van der Waals surface area (Å²) in [6.07, 6.45) is 7.03. The van der Waals surface area contributed by atoms with Crippen molar-refractivity contribution in [3.05, 3.63) is 46.7 Å². The number of para-hydroxylation sites is 1. The van der Waals surface area contributed by atoms with Crippen molar-refractivity contribution in [2.45, 2.75) is 45.6 Å². The average molecular weight is 452 g/mol. The van der Waals surface area contributed by atoms with Crippen molar-refractivity contribution in [2.75, 3.05) is 26.1 Å². The number of carbonyl (C=O) groups excluding carboxylic acids is 2. The van der Waals surface area contributed by atoms with Gasteiger partial charge in [0, 0.05) is 23.4 Å². The van der Waals surface area contributed by atoms with Crippen LogP contribution < -0.4 is 14.8 Å². The van der Waals surface area contributed by atoms with Crippen LogP contribution in [-0.2, 0) is 14.3 Å². The second-order valence-corrected chi connectivity index (χ2v) is 7.93. The minimum Gasteiger partial charge on any atom is -0.493 e. The van der Waals surface area contributed by atoms with E-state index in [4.69, 9.17) is 14.2 Å². The Kier molecular flexibility index (Phi) is 7.78. The van der Waals surface area contributed by atoms with Gasteiger partial charge in [-0.3, -0.25) is 4.79 Å². The van der Waals surface area contributed by atoms with Crippen LogP contribution in [0.2, 0.25) is 0 Å². The van der Waals surface area contributed by atoms with Gasteiger partial charge in [0.15, 0.2) is 18.1 Å². The molecule has 1 amide bonds. The maximum Gasteiger partial charge on any atom is 0.331 e. The fourth-order valence-electron chi connectivity index (χ4n) is 4.26. The molecule has 1 heterocycles. The predicted octanol–water partition coefficient (Wildman–Crippen LogP) is 4.30. The summed E-state index contributed by atoms with van der Waals surface area (Å²) in [4.78, 5) is 24.7. The van der Waals surface area contributed by atoms with Crippen molar-refractivity contribution >= 4 is 23.8 Å². The Labute approximate surface area is 193 Å². The van der Waals surface area contributed by atoms with Crippen LogP contribution in [0.25, 0.3) is 6.08 Å². The first-order chi connectivity index (χ1) is 15.9. The quantitative estimate of drug-likeness (QED) is 0.474. The Balaban J connectivity index is 1.67. The fraction of sp³-hybridized carbons (Fsp3) is 0.400. The third kappa shape index (κ3) is 5.20. The van der Waals surface area contributed by atoms with Gasteiger partial charge in [0.25, 0.3) is 5.91 Å². The first-order valence-electron chi connectivity index (χ1n) is 10.9. The van der Waals surface area contributed by atoms with E-state index in [-0.39, 0.29) is 6.04 Å². The molecule has 0 unspecified atom stereocenters. The lowest BCUT2D eigenvalue weighted by Crippen LogP contribution is -2.23. The third-order valence-electron chi connectivity index (χ3n) is 5.99. The summed E-state index contributed by atoms with van der Waals surface area (Å²) < 4.78 is 17.7. The molecule has 3 rings (SSSR count). The van der Waals surface area contributed by atoms with Crippen LogP contribution in [0.3, 0.4) is 0 Å². The Morgan fingerprint density at radius 2 is 1.94 bits per heavy atom. The molecule has 1 fully saturated rings. The van der Waals surface area contributed by atoms with E-state index in [9.17, 15) is 14.9 Å². The number of methoxy groups -OCH3 is 2. The van der Waals surface area contributed by atoms with Crippen molar-refractivity contribution in [1.82, 2.24) is 4.57 Å². The summed E-state index contributed by atoms with van der Waals surface area (Å²) in [5.41, 5.74) is 2.91. The molecule has 1 aliphatic rings. The molecular formula is C25H29N3O5. The highest BCUT2D eigenvalue weighted by Crippen LogP contribution is 2.37. The standard InChI is InChI=1S/C25H29N3O5/c1-16-17(2)28(19-9-5-6-10-19)25(20(16)14-26)27-22(29)15-33-23(30)13-12-18-8-7-11-21(31-3)24(18)32-4/h7-8,11-13,19H,5-6,9-10,15H2,1-4H3,(H,27,29)/b13-12+. The summed E-state index contributed by atoms with van der Waals surface area (Å²) in [6.45, 7) is 3.38. The van der Waals surface area contributed by atoms with Crippen molar-refractivity contribution in [2.24, 2.45) is 0 Å². The first kappa shape index (κ1) is 23.9. The van der Waals surface area contributed by atoms with Gasteiger partial charge in [0.2, 0.25) is 0 Å². The van der Waals surface area contributed by atoms with Crippen LogP contribution in [-0.4, -0.2) is 37.3 Å². The molecule has 0 atom stereocenters. The molecule has 1 aliphatic carbocycles. The smallest absolute Gasteiger partial charge is 0.331 e. The first-order valence-corrected chi connectivity index (χ1v) is 10.9. The number of anilines is 1. The van der Waals surface area contributed by atoms with Crippen LogP contribution in [0, 0.1) is 25.2 Å².